The highest BCUT2D eigenvalue weighted by atomic mass is 19.1. The molecule has 0 aromatic heterocycles. The van der Waals surface area contributed by atoms with Crippen LogP contribution in [-0.2, 0) is 14.3 Å². The first-order valence-corrected chi connectivity index (χ1v) is 7.06. The fraction of sp³-hybridized carbons (Fsp3) is 0.467. The van der Waals surface area contributed by atoms with E-state index in [0.717, 1.165) is 6.42 Å². The van der Waals surface area contributed by atoms with Crippen LogP contribution in [0.25, 0.3) is 0 Å². The number of halogens is 1. The predicted octanol–water partition coefficient (Wildman–Crippen LogP) is 1.79. The van der Waals surface area contributed by atoms with Gasteiger partial charge in [-0.2, -0.15) is 0 Å². The second-order valence-electron chi connectivity index (χ2n) is 4.94. The van der Waals surface area contributed by atoms with Gasteiger partial charge in [0.1, 0.15) is 11.9 Å². The van der Waals surface area contributed by atoms with Crippen molar-refractivity contribution in [1.82, 2.24) is 4.90 Å². The van der Waals surface area contributed by atoms with Crippen molar-refractivity contribution < 1.29 is 18.7 Å². The van der Waals surface area contributed by atoms with E-state index in [-0.39, 0.29) is 24.1 Å². The quantitative estimate of drug-likeness (QED) is 0.900. The van der Waals surface area contributed by atoms with Crippen molar-refractivity contribution in [1.29, 1.82) is 0 Å². The van der Waals surface area contributed by atoms with Crippen molar-refractivity contribution in [2.45, 2.75) is 25.9 Å². The van der Waals surface area contributed by atoms with Crippen LogP contribution in [0.2, 0.25) is 0 Å². The molecule has 114 valence electrons. The summed E-state index contributed by atoms with van der Waals surface area (Å²) in [6.45, 7) is 3.69. The SMILES string of the molecule is CCCN1CCOC(CC(=O)Nc2ccc(F)cc2)C1=O. The maximum atomic E-state index is 12.8. The van der Waals surface area contributed by atoms with Gasteiger partial charge in [0.25, 0.3) is 5.91 Å². The number of morpholine rings is 1. The Balaban J connectivity index is 1.89. The average Bonchev–Trinajstić information content (AvgIpc) is 2.46. The number of carbonyl (C=O) groups is 2. The average molecular weight is 294 g/mol. The molecule has 2 amide bonds. The summed E-state index contributed by atoms with van der Waals surface area (Å²) in [6, 6.07) is 5.47. The molecule has 0 radical (unpaired) electrons. The van der Waals surface area contributed by atoms with Crippen LogP contribution in [0.4, 0.5) is 10.1 Å². The van der Waals surface area contributed by atoms with E-state index in [9.17, 15) is 14.0 Å². The normalized spacial score (nSPS) is 18.7. The van der Waals surface area contributed by atoms with Crippen molar-refractivity contribution in [2.24, 2.45) is 0 Å². The summed E-state index contributed by atoms with van der Waals surface area (Å²) < 4.78 is 18.2. The Hall–Kier alpha value is -1.95. The summed E-state index contributed by atoms with van der Waals surface area (Å²) in [5, 5.41) is 2.63. The van der Waals surface area contributed by atoms with Crippen molar-refractivity contribution in [3.05, 3.63) is 30.1 Å². The maximum Gasteiger partial charge on any atom is 0.252 e. The number of rotatable bonds is 5. The third-order valence-electron chi connectivity index (χ3n) is 3.26. The van der Waals surface area contributed by atoms with E-state index in [2.05, 4.69) is 5.32 Å². The van der Waals surface area contributed by atoms with Crippen molar-refractivity contribution in [3.8, 4) is 0 Å². The first-order chi connectivity index (χ1) is 10.1. The number of benzene rings is 1. The number of hydrogen-bond donors (Lipinski definition) is 1. The van der Waals surface area contributed by atoms with Gasteiger partial charge in [0, 0.05) is 18.8 Å². The van der Waals surface area contributed by atoms with Crippen molar-refractivity contribution in [2.75, 3.05) is 25.0 Å². The highest BCUT2D eigenvalue weighted by molar-refractivity contribution is 5.95. The molecule has 21 heavy (non-hydrogen) atoms. The van der Waals surface area contributed by atoms with E-state index < -0.39 is 6.10 Å². The zero-order valence-corrected chi connectivity index (χ0v) is 12.0. The van der Waals surface area contributed by atoms with Crippen LogP contribution in [0.3, 0.4) is 0 Å². The largest absolute Gasteiger partial charge is 0.366 e. The van der Waals surface area contributed by atoms with Crippen LogP contribution in [0.1, 0.15) is 19.8 Å². The molecule has 0 saturated carbocycles. The Morgan fingerprint density at radius 3 is 2.81 bits per heavy atom. The summed E-state index contributed by atoms with van der Waals surface area (Å²) in [6.07, 6.45) is 0.113. The first kappa shape index (κ1) is 15.4. The van der Waals surface area contributed by atoms with Crippen LogP contribution in [-0.4, -0.2) is 42.5 Å². The minimum atomic E-state index is -0.731. The number of anilines is 1. The fourth-order valence-corrected chi connectivity index (χ4v) is 2.24. The van der Waals surface area contributed by atoms with E-state index in [1.807, 2.05) is 6.92 Å². The number of hydrogen-bond acceptors (Lipinski definition) is 3. The highest BCUT2D eigenvalue weighted by Gasteiger charge is 2.30. The van der Waals surface area contributed by atoms with Crippen molar-refractivity contribution in [3.63, 3.8) is 0 Å². The van der Waals surface area contributed by atoms with Gasteiger partial charge < -0.3 is 15.0 Å². The summed E-state index contributed by atoms with van der Waals surface area (Å²) in [7, 11) is 0. The Morgan fingerprint density at radius 1 is 1.43 bits per heavy atom. The molecule has 1 saturated heterocycles. The second kappa shape index (κ2) is 7.17. The van der Waals surface area contributed by atoms with Gasteiger partial charge in [0.2, 0.25) is 5.91 Å². The molecule has 1 heterocycles. The Labute approximate surface area is 123 Å². The summed E-state index contributed by atoms with van der Waals surface area (Å²) >= 11 is 0. The van der Waals surface area contributed by atoms with Gasteiger partial charge in [-0.3, -0.25) is 9.59 Å². The van der Waals surface area contributed by atoms with E-state index in [1.165, 1.54) is 24.3 Å². The molecule has 0 aliphatic carbocycles. The summed E-state index contributed by atoms with van der Waals surface area (Å²) in [5.41, 5.74) is 0.495. The molecule has 1 fully saturated rings. The third-order valence-corrected chi connectivity index (χ3v) is 3.26. The predicted molar refractivity (Wildman–Crippen MR) is 76.3 cm³/mol. The van der Waals surface area contributed by atoms with E-state index in [1.54, 1.807) is 4.90 Å². The minimum absolute atomic E-state index is 0.0313. The van der Waals surface area contributed by atoms with E-state index in [4.69, 9.17) is 4.74 Å². The van der Waals surface area contributed by atoms with Crippen LogP contribution in [0.15, 0.2) is 24.3 Å². The number of nitrogens with one attached hydrogen (secondary N) is 1. The smallest absolute Gasteiger partial charge is 0.252 e. The molecule has 1 aromatic carbocycles. The second-order valence-corrected chi connectivity index (χ2v) is 4.94. The Kier molecular flexibility index (Phi) is 5.27. The summed E-state index contributed by atoms with van der Waals surface area (Å²) in [5.74, 6) is -0.829. The van der Waals surface area contributed by atoms with Crippen molar-refractivity contribution >= 4 is 17.5 Å². The lowest BCUT2D eigenvalue weighted by molar-refractivity contribution is -0.155. The summed E-state index contributed by atoms with van der Waals surface area (Å²) in [4.78, 5) is 25.8. The number of amides is 2. The molecular weight excluding hydrogens is 275 g/mol. The number of nitrogens with zero attached hydrogens (tertiary/aromatic N) is 1. The Morgan fingerprint density at radius 2 is 2.14 bits per heavy atom. The Bertz CT molecular complexity index is 502. The van der Waals surface area contributed by atoms with Gasteiger partial charge >= 0.3 is 0 Å². The molecule has 1 aliphatic rings. The first-order valence-electron chi connectivity index (χ1n) is 7.06. The zero-order chi connectivity index (χ0) is 15.2. The highest BCUT2D eigenvalue weighted by Crippen LogP contribution is 2.13. The van der Waals surface area contributed by atoms with Gasteiger partial charge in [0.05, 0.1) is 13.0 Å². The molecule has 1 N–H and O–H groups in total. The van der Waals surface area contributed by atoms with Gasteiger partial charge in [0.15, 0.2) is 0 Å². The number of carbonyl (C=O) groups excluding carboxylic acids is 2. The molecule has 1 aromatic rings. The van der Waals surface area contributed by atoms with Gasteiger partial charge in [-0.05, 0) is 30.7 Å². The molecule has 0 spiro atoms. The molecule has 1 aliphatic heterocycles. The lowest BCUT2D eigenvalue weighted by Gasteiger charge is -2.32. The molecule has 2 rings (SSSR count). The molecule has 5 nitrogen and oxygen atoms in total. The monoisotopic (exact) mass is 294 g/mol. The van der Waals surface area contributed by atoms with E-state index >= 15 is 0 Å². The van der Waals surface area contributed by atoms with E-state index in [0.29, 0.717) is 25.4 Å². The molecular formula is C15H19FN2O3. The lowest BCUT2D eigenvalue weighted by Crippen LogP contribution is -2.49. The molecule has 1 unspecified atom stereocenters. The van der Waals surface area contributed by atoms with Crippen LogP contribution in [0.5, 0.6) is 0 Å². The zero-order valence-electron chi connectivity index (χ0n) is 12.0. The van der Waals surface area contributed by atoms with Crippen LogP contribution in [0, 0.1) is 5.82 Å². The topological polar surface area (TPSA) is 58.6 Å². The molecule has 0 bridgehead atoms. The third kappa shape index (κ3) is 4.26. The van der Waals surface area contributed by atoms with Gasteiger partial charge in [-0.25, -0.2) is 4.39 Å². The minimum Gasteiger partial charge on any atom is -0.366 e. The fourth-order valence-electron chi connectivity index (χ4n) is 2.24. The van der Waals surface area contributed by atoms with Gasteiger partial charge in [-0.1, -0.05) is 6.92 Å². The van der Waals surface area contributed by atoms with Gasteiger partial charge in [-0.15, -0.1) is 0 Å². The maximum absolute atomic E-state index is 12.8. The standard InChI is InChI=1S/C15H19FN2O3/c1-2-7-18-8-9-21-13(15(18)20)10-14(19)17-12-5-3-11(16)4-6-12/h3-6,13H,2,7-10H2,1H3,(H,17,19). The van der Waals surface area contributed by atoms with Crippen LogP contribution < -0.4 is 5.32 Å². The lowest BCUT2D eigenvalue weighted by atomic mass is 10.1. The number of ether oxygens (including phenoxy) is 1. The molecule has 6 heteroatoms. The van der Waals surface area contributed by atoms with Crippen LogP contribution >= 0.6 is 0 Å². The molecule has 1 atom stereocenters.